The van der Waals surface area contributed by atoms with Crippen molar-refractivity contribution in [1.82, 2.24) is 0 Å². The summed E-state index contributed by atoms with van der Waals surface area (Å²) in [7, 11) is -5.73. The van der Waals surface area contributed by atoms with E-state index in [4.69, 9.17) is 4.74 Å². The lowest BCUT2D eigenvalue weighted by molar-refractivity contribution is 0.417. The molecule has 7 nitrogen and oxygen atoms in total. The maximum Gasteiger partial charge on any atom is 0.262 e. The fourth-order valence-corrected chi connectivity index (χ4v) is 5.56. The Kier molecular flexibility index (Phi) is 5.18. The Balaban J connectivity index is 1.92. The molecule has 0 atom stereocenters. The number of hydrogen-bond acceptors (Lipinski definition) is 5. The maximum absolute atomic E-state index is 12.5. The Morgan fingerprint density at radius 2 is 1.85 bits per heavy atom. The van der Waals surface area contributed by atoms with Gasteiger partial charge in [0.1, 0.15) is 5.75 Å². The third kappa shape index (κ3) is 3.81. The minimum atomic E-state index is -3.80. The summed E-state index contributed by atoms with van der Waals surface area (Å²) in [6.07, 6.45) is 0.558. The van der Waals surface area contributed by atoms with Crippen molar-refractivity contribution < 1.29 is 21.6 Å². The topological polar surface area (TPSA) is 92.8 Å². The minimum Gasteiger partial charge on any atom is -0.494 e. The zero-order chi connectivity index (χ0) is 18.9. The first-order valence-electron chi connectivity index (χ1n) is 7.70. The first kappa shape index (κ1) is 19.0. The van der Waals surface area contributed by atoms with Crippen molar-refractivity contribution in [2.45, 2.75) is 11.3 Å². The summed E-state index contributed by atoms with van der Waals surface area (Å²) in [5.41, 5.74) is 0.682. The van der Waals surface area contributed by atoms with Crippen molar-refractivity contribution in [2.24, 2.45) is 0 Å². The van der Waals surface area contributed by atoms with Crippen molar-refractivity contribution >= 4 is 47.4 Å². The number of nitrogens with zero attached hydrogens (tertiary/aromatic N) is 1. The Morgan fingerprint density at radius 1 is 1.15 bits per heavy atom. The van der Waals surface area contributed by atoms with Crippen molar-refractivity contribution in [2.75, 3.05) is 28.4 Å². The van der Waals surface area contributed by atoms with Crippen LogP contribution in [0.15, 0.2) is 51.8 Å². The monoisotopic (exact) mass is 460 g/mol. The van der Waals surface area contributed by atoms with Gasteiger partial charge in [0, 0.05) is 17.1 Å². The van der Waals surface area contributed by atoms with Crippen LogP contribution >= 0.6 is 15.9 Å². The second-order valence-electron chi connectivity index (χ2n) is 5.69. The average molecular weight is 461 g/mol. The van der Waals surface area contributed by atoms with Crippen molar-refractivity contribution in [1.29, 1.82) is 0 Å². The summed E-state index contributed by atoms with van der Waals surface area (Å²) in [6.45, 7) is 0.398. The van der Waals surface area contributed by atoms with Crippen LogP contribution in [0.1, 0.15) is 6.42 Å². The molecule has 1 saturated heterocycles. The summed E-state index contributed by atoms with van der Waals surface area (Å²) >= 11 is 3.26. The Labute approximate surface area is 161 Å². The molecule has 0 aliphatic carbocycles. The summed E-state index contributed by atoms with van der Waals surface area (Å²) in [6, 6.07) is 10.8. The number of ether oxygens (including phenoxy) is 1. The van der Waals surface area contributed by atoms with E-state index in [2.05, 4.69) is 20.7 Å². The molecule has 1 aliphatic rings. The molecule has 0 saturated carbocycles. The first-order valence-corrected chi connectivity index (χ1v) is 11.6. The molecule has 1 N–H and O–H groups in total. The molecule has 3 rings (SSSR count). The molecule has 10 heteroatoms. The number of halogens is 1. The van der Waals surface area contributed by atoms with Crippen molar-refractivity contribution in [3.05, 3.63) is 46.9 Å². The van der Waals surface area contributed by atoms with Gasteiger partial charge in [-0.3, -0.25) is 9.03 Å². The SMILES string of the molecule is COc1cc(N2CCCS2(=O)=O)ccc1NS(=O)(=O)c1ccc(Br)cc1. The van der Waals surface area contributed by atoms with Gasteiger partial charge in [-0.25, -0.2) is 16.8 Å². The third-order valence-corrected chi connectivity index (χ3v) is 7.72. The van der Waals surface area contributed by atoms with E-state index < -0.39 is 20.0 Å². The number of anilines is 2. The fourth-order valence-electron chi connectivity index (χ4n) is 2.67. The van der Waals surface area contributed by atoms with Crippen LogP contribution in [0.5, 0.6) is 5.75 Å². The van der Waals surface area contributed by atoms with Gasteiger partial charge in [0.2, 0.25) is 10.0 Å². The summed E-state index contributed by atoms with van der Waals surface area (Å²) < 4.78 is 59.0. The van der Waals surface area contributed by atoms with E-state index >= 15 is 0 Å². The average Bonchev–Trinajstić information content (AvgIpc) is 2.94. The van der Waals surface area contributed by atoms with Gasteiger partial charge >= 0.3 is 0 Å². The lowest BCUT2D eigenvalue weighted by atomic mass is 10.2. The Bertz CT molecular complexity index is 1020. The van der Waals surface area contributed by atoms with E-state index in [0.29, 0.717) is 18.7 Å². The highest BCUT2D eigenvalue weighted by Crippen LogP contribution is 2.34. The molecule has 26 heavy (non-hydrogen) atoms. The highest BCUT2D eigenvalue weighted by molar-refractivity contribution is 9.10. The Morgan fingerprint density at radius 3 is 2.42 bits per heavy atom. The van der Waals surface area contributed by atoms with E-state index in [1.54, 1.807) is 18.2 Å². The number of methoxy groups -OCH3 is 1. The molecule has 0 bridgehead atoms. The molecule has 0 radical (unpaired) electrons. The molecule has 0 unspecified atom stereocenters. The van der Waals surface area contributed by atoms with Gasteiger partial charge in [-0.15, -0.1) is 0 Å². The standard InChI is InChI=1S/C16H17BrN2O5S2/c1-24-16-11-13(19-9-2-10-25(19,20)21)5-8-15(16)18-26(22,23)14-6-3-12(17)4-7-14/h3-8,11,18H,2,9-10H2,1H3. The summed E-state index contributed by atoms with van der Waals surface area (Å²) in [5.74, 6) is 0.345. The van der Waals surface area contributed by atoms with E-state index in [1.165, 1.54) is 35.7 Å². The highest BCUT2D eigenvalue weighted by atomic mass is 79.9. The third-order valence-electron chi connectivity index (χ3n) is 3.94. The molecule has 2 aromatic carbocycles. The van der Waals surface area contributed by atoms with Gasteiger partial charge in [-0.2, -0.15) is 0 Å². The summed E-state index contributed by atoms with van der Waals surface area (Å²) in [5, 5.41) is 0. The van der Waals surface area contributed by atoms with Crippen LogP contribution < -0.4 is 13.8 Å². The minimum absolute atomic E-state index is 0.104. The van der Waals surface area contributed by atoms with Crippen LogP contribution in [0.25, 0.3) is 0 Å². The zero-order valence-electron chi connectivity index (χ0n) is 13.8. The predicted octanol–water partition coefficient (Wildman–Crippen LogP) is 2.80. The quantitative estimate of drug-likeness (QED) is 0.740. The lowest BCUT2D eigenvalue weighted by Gasteiger charge is -2.19. The normalized spacial score (nSPS) is 16.5. The van der Waals surface area contributed by atoms with Gasteiger partial charge < -0.3 is 4.74 Å². The summed E-state index contributed by atoms with van der Waals surface area (Å²) in [4.78, 5) is 0.106. The molecule has 2 aromatic rings. The fraction of sp³-hybridized carbons (Fsp3) is 0.250. The van der Waals surface area contributed by atoms with Crippen LogP contribution in [0.2, 0.25) is 0 Å². The van der Waals surface area contributed by atoms with Gasteiger partial charge in [0.25, 0.3) is 10.0 Å². The number of sulfonamides is 2. The van der Waals surface area contributed by atoms with Crippen molar-refractivity contribution in [3.63, 3.8) is 0 Å². The van der Waals surface area contributed by atoms with E-state index in [0.717, 1.165) is 4.47 Å². The van der Waals surface area contributed by atoms with E-state index in [9.17, 15) is 16.8 Å². The smallest absolute Gasteiger partial charge is 0.262 e. The molecule has 140 valence electrons. The first-order chi connectivity index (χ1) is 12.2. The predicted molar refractivity (Wildman–Crippen MR) is 104 cm³/mol. The van der Waals surface area contributed by atoms with Gasteiger partial charge in [0.15, 0.2) is 0 Å². The van der Waals surface area contributed by atoms with Gasteiger partial charge in [0.05, 0.1) is 29.1 Å². The second-order valence-corrected chi connectivity index (χ2v) is 10.3. The molecule has 0 aromatic heterocycles. The van der Waals surface area contributed by atoms with Crippen LogP contribution in [0.4, 0.5) is 11.4 Å². The number of benzene rings is 2. The lowest BCUT2D eigenvalue weighted by Crippen LogP contribution is -2.25. The van der Waals surface area contributed by atoms with Crippen LogP contribution in [-0.2, 0) is 20.0 Å². The second kappa shape index (κ2) is 7.09. The number of nitrogens with one attached hydrogen (secondary N) is 1. The van der Waals surface area contributed by atoms with E-state index in [-0.39, 0.29) is 22.1 Å². The molecule has 1 aliphatic heterocycles. The molecule has 0 amide bonds. The molecular weight excluding hydrogens is 444 g/mol. The molecular formula is C16H17BrN2O5S2. The van der Waals surface area contributed by atoms with Crippen LogP contribution in [-0.4, -0.2) is 36.2 Å². The van der Waals surface area contributed by atoms with Crippen molar-refractivity contribution in [3.8, 4) is 5.75 Å². The molecule has 1 heterocycles. The zero-order valence-corrected chi connectivity index (χ0v) is 17.1. The number of hydrogen-bond donors (Lipinski definition) is 1. The molecule has 0 spiro atoms. The van der Waals surface area contributed by atoms with Crippen LogP contribution in [0.3, 0.4) is 0 Å². The maximum atomic E-state index is 12.5. The van der Waals surface area contributed by atoms with Gasteiger partial charge in [-0.1, -0.05) is 15.9 Å². The van der Waals surface area contributed by atoms with E-state index in [1.807, 2.05) is 0 Å². The van der Waals surface area contributed by atoms with Crippen LogP contribution in [0, 0.1) is 0 Å². The largest absolute Gasteiger partial charge is 0.494 e. The number of rotatable bonds is 5. The Hall–Kier alpha value is -1.78. The van der Waals surface area contributed by atoms with Gasteiger partial charge in [-0.05, 0) is 42.8 Å². The highest BCUT2D eigenvalue weighted by Gasteiger charge is 2.29. The molecule has 1 fully saturated rings.